The minimum absolute atomic E-state index is 0.0638. The number of halogens is 3. The number of alkyl halides is 3. The Morgan fingerprint density at radius 1 is 1.16 bits per heavy atom. The third-order valence-corrected chi connectivity index (χ3v) is 9.17. The van der Waals surface area contributed by atoms with E-state index in [1.165, 1.54) is 13.8 Å². The zero-order valence-electron chi connectivity index (χ0n) is 20.7. The number of hydrogen-bond donors (Lipinski definition) is 5. The molecule has 1 aliphatic heterocycles. The van der Waals surface area contributed by atoms with Crippen LogP contribution in [0.2, 0.25) is 0 Å². The van der Waals surface area contributed by atoms with Gasteiger partial charge >= 0.3 is 13.8 Å². The summed E-state index contributed by atoms with van der Waals surface area (Å²) in [6.07, 6.45) is -9.81. The van der Waals surface area contributed by atoms with Gasteiger partial charge in [0.05, 0.1) is 23.5 Å². The van der Waals surface area contributed by atoms with Crippen molar-refractivity contribution in [1.82, 2.24) is 15.0 Å². The van der Waals surface area contributed by atoms with Crippen LogP contribution in [0, 0.1) is 0 Å². The summed E-state index contributed by atoms with van der Waals surface area (Å²) in [5.41, 5.74) is -4.24. The van der Waals surface area contributed by atoms with Gasteiger partial charge in [0.2, 0.25) is 0 Å². The highest BCUT2D eigenvalue weighted by molar-refractivity contribution is 7.54. The minimum Gasteiger partial charge on any atom is -0.388 e. The van der Waals surface area contributed by atoms with Gasteiger partial charge in [0.25, 0.3) is 5.56 Å². The van der Waals surface area contributed by atoms with E-state index in [2.05, 4.69) is 15.0 Å². The number of ether oxygens (including phenoxy) is 1. The Morgan fingerprint density at radius 3 is 2.32 bits per heavy atom. The number of fused-ring (bicyclic) bond motifs is 1. The fourth-order valence-corrected chi connectivity index (χ4v) is 5.60. The van der Waals surface area contributed by atoms with Gasteiger partial charge < -0.3 is 29.9 Å². The fourth-order valence-electron chi connectivity index (χ4n) is 4.14. The second-order valence-corrected chi connectivity index (χ2v) is 11.6. The van der Waals surface area contributed by atoms with Crippen LogP contribution in [0.1, 0.15) is 70.7 Å². The molecular weight excluding hydrogens is 522 g/mol. The van der Waals surface area contributed by atoms with Gasteiger partial charge in [-0.15, -0.1) is 0 Å². The lowest BCUT2D eigenvalue weighted by Gasteiger charge is -2.39. The molecule has 11 nitrogen and oxygen atoms in total. The lowest BCUT2D eigenvalue weighted by Crippen LogP contribution is -2.41. The largest absolute Gasteiger partial charge is 0.434 e. The van der Waals surface area contributed by atoms with Crippen molar-refractivity contribution in [3.8, 4) is 0 Å². The predicted molar refractivity (Wildman–Crippen MR) is 125 cm³/mol. The number of rotatable bonds is 9. The highest BCUT2D eigenvalue weighted by Gasteiger charge is 2.51. The summed E-state index contributed by atoms with van der Waals surface area (Å²) in [7, 11) is -4.56. The first-order chi connectivity index (χ1) is 17.0. The molecule has 0 radical (unpaired) electrons. The van der Waals surface area contributed by atoms with E-state index in [0.29, 0.717) is 6.20 Å². The first kappa shape index (κ1) is 29.6. The van der Waals surface area contributed by atoms with Crippen molar-refractivity contribution >= 4 is 18.8 Å². The maximum absolute atomic E-state index is 12.9. The van der Waals surface area contributed by atoms with Crippen molar-refractivity contribution < 1.29 is 47.2 Å². The number of aromatic amines is 1. The van der Waals surface area contributed by atoms with Crippen LogP contribution in [0.4, 0.5) is 13.2 Å². The zero-order chi connectivity index (χ0) is 28.0. The van der Waals surface area contributed by atoms with E-state index < -0.39 is 66.0 Å². The van der Waals surface area contributed by atoms with Gasteiger partial charge in [0.1, 0.15) is 23.8 Å². The molecular formula is C22H31F3N3O8P. The normalized spacial score (nSPS) is 26.2. The van der Waals surface area contributed by atoms with Crippen LogP contribution in [0.5, 0.6) is 0 Å². The molecule has 15 heteroatoms. The monoisotopic (exact) mass is 553 g/mol. The highest BCUT2D eigenvalue weighted by atomic mass is 31.2. The van der Waals surface area contributed by atoms with Gasteiger partial charge in [0, 0.05) is 6.42 Å². The number of aliphatic hydroxyl groups is 3. The highest BCUT2D eigenvalue weighted by Crippen LogP contribution is 2.59. The molecule has 0 aliphatic carbocycles. The van der Waals surface area contributed by atoms with Gasteiger partial charge in [-0.3, -0.25) is 18.9 Å². The average Bonchev–Trinajstić information content (AvgIpc) is 3.09. The molecule has 0 saturated carbocycles. The Hall–Kier alpha value is -1.93. The van der Waals surface area contributed by atoms with Gasteiger partial charge in [-0.1, -0.05) is 20.8 Å². The molecule has 2 aromatic heterocycles. The lowest BCUT2D eigenvalue weighted by atomic mass is 9.88. The number of hydrogen-bond acceptors (Lipinski definition) is 9. The van der Waals surface area contributed by atoms with Crippen molar-refractivity contribution in [2.24, 2.45) is 0 Å². The van der Waals surface area contributed by atoms with Crippen molar-refractivity contribution in [1.29, 1.82) is 0 Å². The molecule has 37 heavy (non-hydrogen) atoms. The van der Waals surface area contributed by atoms with Crippen molar-refractivity contribution in [2.75, 3.05) is 0 Å². The van der Waals surface area contributed by atoms with E-state index in [1.807, 2.05) is 0 Å². The van der Waals surface area contributed by atoms with Crippen LogP contribution in [-0.2, 0) is 20.0 Å². The summed E-state index contributed by atoms with van der Waals surface area (Å²) in [5.74, 6) is 0. The number of nitrogens with one attached hydrogen (secondary N) is 1. The van der Waals surface area contributed by atoms with E-state index in [9.17, 15) is 42.7 Å². The zero-order valence-corrected chi connectivity index (χ0v) is 21.6. The van der Waals surface area contributed by atoms with E-state index in [-0.39, 0.29) is 36.8 Å². The SMILES string of the molecule is CCC(CC)(CC1OC(c2cc3ncc(C(F)(F)F)nc3[nH]c2=O)C(O)C1O)OP(=O)(O)C(C)(O)CC. The molecule has 1 aliphatic rings. The maximum atomic E-state index is 12.9. The van der Waals surface area contributed by atoms with Gasteiger partial charge in [-0.05, 0) is 32.3 Å². The maximum Gasteiger partial charge on any atom is 0.434 e. The molecule has 0 spiro atoms. The number of aliphatic hydroxyl groups excluding tert-OH is 2. The van der Waals surface area contributed by atoms with Crippen LogP contribution in [0.15, 0.2) is 17.1 Å². The van der Waals surface area contributed by atoms with Gasteiger partial charge in [-0.2, -0.15) is 13.2 Å². The molecule has 3 heterocycles. The Kier molecular flexibility index (Phi) is 8.27. The third kappa shape index (κ3) is 5.75. The van der Waals surface area contributed by atoms with E-state index in [0.717, 1.165) is 6.07 Å². The van der Waals surface area contributed by atoms with Crippen LogP contribution < -0.4 is 5.56 Å². The number of H-pyrrole nitrogens is 1. The minimum atomic E-state index is -4.77. The molecule has 1 saturated heterocycles. The first-order valence-corrected chi connectivity index (χ1v) is 13.3. The Morgan fingerprint density at radius 2 is 1.78 bits per heavy atom. The van der Waals surface area contributed by atoms with E-state index in [1.54, 1.807) is 13.8 Å². The molecule has 3 rings (SSSR count). The molecule has 6 unspecified atom stereocenters. The molecule has 5 N–H and O–H groups in total. The lowest BCUT2D eigenvalue weighted by molar-refractivity contribution is -0.141. The summed E-state index contributed by atoms with van der Waals surface area (Å²) in [5, 5.41) is 29.7. The molecule has 2 aromatic rings. The first-order valence-electron chi connectivity index (χ1n) is 11.8. The smallest absolute Gasteiger partial charge is 0.388 e. The second kappa shape index (κ2) is 10.3. The number of pyridine rings is 1. The topological polar surface area (TPSA) is 175 Å². The Bertz CT molecular complexity index is 1230. The molecule has 208 valence electrons. The summed E-state index contributed by atoms with van der Waals surface area (Å²) in [6.45, 7) is 6.06. The molecule has 0 aromatic carbocycles. The van der Waals surface area contributed by atoms with Crippen LogP contribution in [0.25, 0.3) is 11.2 Å². The average molecular weight is 553 g/mol. The molecule has 0 amide bonds. The Balaban J connectivity index is 1.91. The second-order valence-electron chi connectivity index (χ2n) is 9.39. The van der Waals surface area contributed by atoms with Crippen LogP contribution >= 0.6 is 7.60 Å². The molecule has 6 atom stereocenters. The van der Waals surface area contributed by atoms with Crippen molar-refractivity contribution in [2.45, 2.75) is 94.9 Å². The van der Waals surface area contributed by atoms with E-state index >= 15 is 0 Å². The summed E-state index contributed by atoms with van der Waals surface area (Å²) in [4.78, 5) is 32.4. The number of aromatic nitrogens is 3. The van der Waals surface area contributed by atoms with E-state index in [4.69, 9.17) is 9.26 Å². The summed E-state index contributed by atoms with van der Waals surface area (Å²) >= 11 is 0. The van der Waals surface area contributed by atoms with Gasteiger partial charge in [-0.25, -0.2) is 4.98 Å². The van der Waals surface area contributed by atoms with Crippen molar-refractivity contribution in [3.05, 3.63) is 33.9 Å². The van der Waals surface area contributed by atoms with Gasteiger partial charge in [0.15, 0.2) is 16.7 Å². The quantitative estimate of drug-likeness (QED) is 0.290. The van der Waals surface area contributed by atoms with Crippen LogP contribution in [0.3, 0.4) is 0 Å². The van der Waals surface area contributed by atoms with Crippen LogP contribution in [-0.4, -0.2) is 64.4 Å². The fraction of sp³-hybridized carbons (Fsp3) is 0.682. The summed E-state index contributed by atoms with van der Waals surface area (Å²) < 4.78 is 63.0. The number of nitrogens with zero attached hydrogens (tertiary/aromatic N) is 2. The predicted octanol–water partition coefficient (Wildman–Crippen LogP) is 2.77. The molecule has 1 fully saturated rings. The third-order valence-electron chi connectivity index (χ3n) is 7.00. The molecule has 0 bridgehead atoms. The van der Waals surface area contributed by atoms with Crippen molar-refractivity contribution in [3.63, 3.8) is 0 Å². The summed E-state index contributed by atoms with van der Waals surface area (Å²) in [6, 6.07) is 1.12. The standard InChI is InChI=1S/C22H31F3N3O8P/c1-5-20(4,32)37(33,34)36-21(6-2,7-3)9-13-15(29)16(30)17(35-13)11-8-12-18(28-19(11)31)27-14(10-26-12)22(23,24)25/h8,10,13,15-17,29-30,32H,5-7,9H2,1-4H3,(H,33,34)(H,27,28,31). The Labute approximate surface area is 210 Å².